The Morgan fingerprint density at radius 2 is 1.81 bits per heavy atom. The molecule has 1 aromatic rings. The van der Waals surface area contributed by atoms with Crippen molar-refractivity contribution in [2.24, 2.45) is 0 Å². The molecule has 0 aromatic heterocycles. The maximum Gasteiger partial charge on any atom is 0.258 e. The Morgan fingerprint density at radius 3 is 2.42 bits per heavy atom. The Kier molecular flexibility index (Phi) is 5.11. The summed E-state index contributed by atoms with van der Waals surface area (Å²) in [5.41, 5.74) is -1.95. The fourth-order valence-corrected chi connectivity index (χ4v) is 5.18. The van der Waals surface area contributed by atoms with E-state index in [0.29, 0.717) is 44.5 Å². The molecule has 0 saturated carbocycles. The van der Waals surface area contributed by atoms with Gasteiger partial charge < -0.3 is 14.7 Å². The number of aliphatic hydroxyl groups is 1. The van der Waals surface area contributed by atoms with E-state index >= 15 is 0 Å². The summed E-state index contributed by atoms with van der Waals surface area (Å²) in [6.07, 6.45) is 1.41. The van der Waals surface area contributed by atoms with Crippen LogP contribution in [-0.4, -0.2) is 61.1 Å². The number of ether oxygens (including phenoxy) is 1. The van der Waals surface area contributed by atoms with Gasteiger partial charge in [-0.25, -0.2) is 12.8 Å². The van der Waals surface area contributed by atoms with Gasteiger partial charge in [-0.3, -0.25) is 4.79 Å². The quantitative estimate of drug-likeness (QED) is 0.828. The van der Waals surface area contributed by atoms with E-state index in [1.54, 1.807) is 4.90 Å². The van der Waals surface area contributed by atoms with Gasteiger partial charge in [0.25, 0.3) is 5.91 Å². The predicted octanol–water partition coefficient (Wildman–Crippen LogP) is 1.23. The lowest BCUT2D eigenvalue weighted by atomic mass is 9.91. The fraction of sp³-hybridized carbons (Fsp3) is 0.611. The number of amides is 1. The molecule has 6 nitrogen and oxygen atoms in total. The topological polar surface area (TPSA) is 83.9 Å². The van der Waals surface area contributed by atoms with Gasteiger partial charge in [-0.15, -0.1) is 0 Å². The highest BCUT2D eigenvalue weighted by Crippen LogP contribution is 2.34. The van der Waals surface area contributed by atoms with Crippen molar-refractivity contribution in [1.82, 2.24) is 4.90 Å². The van der Waals surface area contributed by atoms with Gasteiger partial charge in [0.2, 0.25) is 0 Å². The monoisotopic (exact) mass is 385 g/mol. The van der Waals surface area contributed by atoms with Crippen molar-refractivity contribution >= 4 is 15.7 Å². The zero-order valence-electron chi connectivity index (χ0n) is 14.8. The van der Waals surface area contributed by atoms with E-state index < -0.39 is 32.8 Å². The first-order chi connectivity index (χ1) is 12.1. The summed E-state index contributed by atoms with van der Waals surface area (Å²) in [4.78, 5) is 14.4. The number of carbonyl (C=O) groups is 1. The number of rotatable bonds is 2. The molecule has 8 heteroatoms. The third-order valence-corrected chi connectivity index (χ3v) is 7.11. The van der Waals surface area contributed by atoms with Crippen LogP contribution in [0, 0.1) is 5.82 Å². The zero-order chi connectivity index (χ0) is 19.0. The summed E-state index contributed by atoms with van der Waals surface area (Å²) in [7, 11) is -2.99. The van der Waals surface area contributed by atoms with Crippen molar-refractivity contribution in [2.75, 3.05) is 31.2 Å². The van der Waals surface area contributed by atoms with Crippen LogP contribution >= 0.6 is 0 Å². The largest absolute Gasteiger partial charge is 0.376 e. The van der Waals surface area contributed by atoms with Gasteiger partial charge >= 0.3 is 0 Å². The Labute approximate surface area is 152 Å². The van der Waals surface area contributed by atoms with Crippen molar-refractivity contribution in [2.45, 2.75) is 37.4 Å². The number of benzene rings is 1. The van der Waals surface area contributed by atoms with Crippen LogP contribution in [0.5, 0.6) is 0 Å². The molecule has 0 radical (unpaired) electrons. The van der Waals surface area contributed by atoms with E-state index in [0.717, 1.165) is 0 Å². The smallest absolute Gasteiger partial charge is 0.258 e. The number of hydrogen-bond acceptors (Lipinski definition) is 5. The molecule has 1 N–H and O–H groups in total. The van der Waals surface area contributed by atoms with Crippen molar-refractivity contribution in [3.63, 3.8) is 0 Å². The van der Waals surface area contributed by atoms with Crippen LogP contribution in [0.2, 0.25) is 0 Å². The van der Waals surface area contributed by atoms with Gasteiger partial charge in [-0.2, -0.15) is 0 Å². The standard InChI is InChI=1S/C18H24FNO5S/c1-17(22,14-2-4-15(19)5-3-14)16(21)20-9-6-18(25-11-10-20)7-12-26(23,24)13-8-18/h2-5,22H,6-13H2,1H3. The summed E-state index contributed by atoms with van der Waals surface area (Å²) in [6, 6.07) is 5.21. The summed E-state index contributed by atoms with van der Waals surface area (Å²) in [6.45, 7) is 2.41. The first-order valence-electron chi connectivity index (χ1n) is 8.76. The molecule has 1 spiro atoms. The molecule has 2 fully saturated rings. The van der Waals surface area contributed by atoms with Crippen LogP contribution in [0.3, 0.4) is 0 Å². The highest BCUT2D eigenvalue weighted by Gasteiger charge is 2.42. The third-order valence-electron chi connectivity index (χ3n) is 5.45. The van der Waals surface area contributed by atoms with Gasteiger partial charge in [0.05, 0.1) is 23.7 Å². The van der Waals surface area contributed by atoms with Gasteiger partial charge in [-0.05, 0) is 43.9 Å². The number of sulfone groups is 1. The van der Waals surface area contributed by atoms with Gasteiger partial charge in [0.15, 0.2) is 15.4 Å². The number of hydrogen-bond donors (Lipinski definition) is 1. The number of halogens is 1. The molecule has 3 rings (SSSR count). The lowest BCUT2D eigenvalue weighted by molar-refractivity contribution is -0.150. The SMILES string of the molecule is CC(O)(C(=O)N1CCOC2(CC1)CCS(=O)(=O)CC2)c1ccc(F)cc1. The van der Waals surface area contributed by atoms with Crippen molar-refractivity contribution in [1.29, 1.82) is 0 Å². The van der Waals surface area contributed by atoms with E-state index in [4.69, 9.17) is 4.74 Å². The second kappa shape index (κ2) is 6.90. The van der Waals surface area contributed by atoms with E-state index in [2.05, 4.69) is 0 Å². The Hall–Kier alpha value is -1.51. The molecule has 0 bridgehead atoms. The minimum Gasteiger partial charge on any atom is -0.376 e. The molecule has 26 heavy (non-hydrogen) atoms. The highest BCUT2D eigenvalue weighted by atomic mass is 32.2. The molecule has 1 amide bonds. The highest BCUT2D eigenvalue weighted by molar-refractivity contribution is 7.91. The number of nitrogens with zero attached hydrogens (tertiary/aromatic N) is 1. The second-order valence-corrected chi connectivity index (χ2v) is 9.61. The van der Waals surface area contributed by atoms with E-state index in [1.165, 1.54) is 31.2 Å². The molecule has 144 valence electrons. The van der Waals surface area contributed by atoms with Crippen molar-refractivity contribution in [3.8, 4) is 0 Å². The number of carbonyl (C=O) groups excluding carboxylic acids is 1. The van der Waals surface area contributed by atoms with Gasteiger partial charge in [0.1, 0.15) is 5.82 Å². The molecule has 2 heterocycles. The lowest BCUT2D eigenvalue weighted by Crippen LogP contribution is -2.46. The van der Waals surface area contributed by atoms with Crippen LogP contribution in [-0.2, 0) is 25.0 Å². The molecule has 0 aliphatic carbocycles. The van der Waals surface area contributed by atoms with Crippen LogP contribution in [0.1, 0.15) is 31.7 Å². The Bertz CT molecular complexity index is 761. The van der Waals surface area contributed by atoms with Crippen LogP contribution in [0.4, 0.5) is 4.39 Å². The van der Waals surface area contributed by atoms with E-state index in [9.17, 15) is 22.7 Å². The molecule has 2 aliphatic heterocycles. The van der Waals surface area contributed by atoms with Gasteiger partial charge in [-0.1, -0.05) is 12.1 Å². The molecule has 1 unspecified atom stereocenters. The van der Waals surface area contributed by atoms with Crippen LogP contribution in [0.15, 0.2) is 24.3 Å². The summed E-state index contributed by atoms with van der Waals surface area (Å²) in [5.74, 6) is -0.690. The maximum absolute atomic E-state index is 13.1. The molecule has 2 aliphatic rings. The summed E-state index contributed by atoms with van der Waals surface area (Å²) in [5, 5.41) is 10.7. The van der Waals surface area contributed by atoms with Crippen molar-refractivity contribution in [3.05, 3.63) is 35.6 Å². The normalized spacial score (nSPS) is 24.7. The molecular weight excluding hydrogens is 361 g/mol. The molecule has 2 saturated heterocycles. The predicted molar refractivity (Wildman–Crippen MR) is 93.7 cm³/mol. The first kappa shape index (κ1) is 19.3. The average Bonchev–Trinajstić information content (AvgIpc) is 2.81. The van der Waals surface area contributed by atoms with Crippen LogP contribution in [0.25, 0.3) is 0 Å². The minimum atomic E-state index is -2.99. The fourth-order valence-electron chi connectivity index (χ4n) is 3.61. The zero-order valence-corrected chi connectivity index (χ0v) is 15.6. The average molecular weight is 385 g/mol. The maximum atomic E-state index is 13.1. The Balaban J connectivity index is 1.70. The summed E-state index contributed by atoms with van der Waals surface area (Å²) < 4.78 is 42.4. The second-order valence-electron chi connectivity index (χ2n) is 7.30. The minimum absolute atomic E-state index is 0.105. The van der Waals surface area contributed by atoms with E-state index in [-0.39, 0.29) is 11.5 Å². The lowest BCUT2D eigenvalue weighted by Gasteiger charge is -2.36. The third kappa shape index (κ3) is 3.92. The Morgan fingerprint density at radius 1 is 1.19 bits per heavy atom. The molecule has 1 atom stereocenters. The molecular formula is C18H24FNO5S. The van der Waals surface area contributed by atoms with Crippen molar-refractivity contribution < 1.29 is 27.4 Å². The first-order valence-corrected chi connectivity index (χ1v) is 10.6. The van der Waals surface area contributed by atoms with Crippen LogP contribution < -0.4 is 0 Å². The van der Waals surface area contributed by atoms with Gasteiger partial charge in [0, 0.05) is 13.1 Å². The summed E-state index contributed by atoms with van der Waals surface area (Å²) >= 11 is 0. The van der Waals surface area contributed by atoms with E-state index in [1.807, 2.05) is 0 Å². The molecule has 1 aromatic carbocycles.